The maximum Gasteiger partial charge on any atom is 0.165 e. The number of hydrogen-bond acceptors (Lipinski definition) is 3. The molecule has 2 aromatic rings. The van der Waals surface area contributed by atoms with Gasteiger partial charge < -0.3 is 15.4 Å². The first-order chi connectivity index (χ1) is 11.3. The van der Waals surface area contributed by atoms with E-state index in [0.29, 0.717) is 18.3 Å². The molecular weight excluding hydrogens is 291 g/mol. The van der Waals surface area contributed by atoms with E-state index in [-0.39, 0.29) is 11.9 Å². The summed E-state index contributed by atoms with van der Waals surface area (Å²) in [6.07, 6.45) is 2.24. The second kappa shape index (κ2) is 7.57. The maximum absolute atomic E-state index is 13.8. The van der Waals surface area contributed by atoms with Crippen LogP contribution in [0.5, 0.6) is 5.75 Å². The predicted molar refractivity (Wildman–Crippen MR) is 90.0 cm³/mol. The minimum absolute atomic E-state index is 0.282. The molecule has 1 fully saturated rings. The van der Waals surface area contributed by atoms with Crippen molar-refractivity contribution in [2.75, 3.05) is 13.7 Å². The molecule has 2 N–H and O–H groups in total. The molecule has 0 spiro atoms. The van der Waals surface area contributed by atoms with Crippen LogP contribution in [0.3, 0.4) is 0 Å². The van der Waals surface area contributed by atoms with Gasteiger partial charge in [0.15, 0.2) is 11.6 Å². The molecule has 1 aliphatic rings. The van der Waals surface area contributed by atoms with Crippen LogP contribution < -0.4 is 15.4 Å². The molecule has 0 amide bonds. The van der Waals surface area contributed by atoms with Crippen LogP contribution in [0.15, 0.2) is 48.5 Å². The Labute approximate surface area is 136 Å². The van der Waals surface area contributed by atoms with Gasteiger partial charge >= 0.3 is 0 Å². The first-order valence-corrected chi connectivity index (χ1v) is 8.12. The fourth-order valence-corrected chi connectivity index (χ4v) is 3.28. The Morgan fingerprint density at radius 1 is 1.17 bits per heavy atom. The lowest BCUT2D eigenvalue weighted by Gasteiger charge is -2.34. The second-order valence-corrected chi connectivity index (χ2v) is 5.90. The van der Waals surface area contributed by atoms with E-state index in [1.165, 1.54) is 18.7 Å². The second-order valence-electron chi connectivity index (χ2n) is 5.90. The van der Waals surface area contributed by atoms with Crippen molar-refractivity contribution in [1.82, 2.24) is 10.6 Å². The van der Waals surface area contributed by atoms with E-state index in [1.54, 1.807) is 6.07 Å². The Kier molecular flexibility index (Phi) is 5.26. The van der Waals surface area contributed by atoms with Gasteiger partial charge in [0.2, 0.25) is 0 Å². The lowest BCUT2D eigenvalue weighted by molar-refractivity contribution is 0.302. The minimum Gasteiger partial charge on any atom is -0.493 e. The fraction of sp³-hybridized carbons (Fsp3) is 0.368. The molecule has 0 unspecified atom stereocenters. The monoisotopic (exact) mass is 314 g/mol. The van der Waals surface area contributed by atoms with Crippen molar-refractivity contribution in [3.63, 3.8) is 0 Å². The van der Waals surface area contributed by atoms with Gasteiger partial charge in [0.25, 0.3) is 0 Å². The van der Waals surface area contributed by atoms with Gasteiger partial charge in [-0.2, -0.15) is 0 Å². The molecule has 0 aromatic heterocycles. The fourth-order valence-electron chi connectivity index (χ4n) is 3.28. The number of benzene rings is 2. The lowest BCUT2D eigenvalue weighted by atomic mass is 9.92. The van der Waals surface area contributed by atoms with Gasteiger partial charge in [-0.1, -0.05) is 42.5 Å². The van der Waals surface area contributed by atoms with Crippen molar-refractivity contribution in [3.05, 3.63) is 65.5 Å². The van der Waals surface area contributed by atoms with Gasteiger partial charge in [-0.15, -0.1) is 0 Å². The third-order valence-corrected chi connectivity index (χ3v) is 4.42. The smallest absolute Gasteiger partial charge is 0.165 e. The van der Waals surface area contributed by atoms with Crippen molar-refractivity contribution >= 4 is 0 Å². The van der Waals surface area contributed by atoms with Crippen molar-refractivity contribution in [1.29, 1.82) is 0 Å². The zero-order valence-corrected chi connectivity index (χ0v) is 13.4. The normalized spacial score (nSPS) is 21.1. The van der Waals surface area contributed by atoms with E-state index >= 15 is 0 Å². The first kappa shape index (κ1) is 16.0. The van der Waals surface area contributed by atoms with Crippen molar-refractivity contribution in [2.24, 2.45) is 0 Å². The number of hydrogen-bond donors (Lipinski definition) is 2. The maximum atomic E-state index is 13.8. The highest BCUT2D eigenvalue weighted by molar-refractivity contribution is 5.35. The molecular formula is C19H23FN2O. The highest BCUT2D eigenvalue weighted by atomic mass is 19.1. The number of halogens is 1. The summed E-state index contributed by atoms with van der Waals surface area (Å²) in [6, 6.07) is 16.1. The van der Waals surface area contributed by atoms with Crippen LogP contribution >= 0.6 is 0 Å². The van der Waals surface area contributed by atoms with Gasteiger partial charge in [-0.3, -0.25) is 0 Å². The number of piperidine rings is 1. The predicted octanol–water partition coefficient (Wildman–Crippen LogP) is 3.42. The molecule has 0 aliphatic carbocycles. The summed E-state index contributed by atoms with van der Waals surface area (Å²) in [6.45, 7) is 1.62. The largest absolute Gasteiger partial charge is 0.493 e. The molecule has 122 valence electrons. The quantitative estimate of drug-likeness (QED) is 0.887. The van der Waals surface area contributed by atoms with Crippen molar-refractivity contribution < 1.29 is 9.13 Å². The summed E-state index contributed by atoms with van der Waals surface area (Å²) in [7, 11) is 1.51. The molecule has 0 saturated carbocycles. The van der Waals surface area contributed by atoms with Crippen LogP contribution in [0.2, 0.25) is 0 Å². The van der Waals surface area contributed by atoms with Gasteiger partial charge in [-0.05, 0) is 31.0 Å². The summed E-state index contributed by atoms with van der Waals surface area (Å²) in [5.74, 6) is 0.0215. The molecule has 4 heteroatoms. The van der Waals surface area contributed by atoms with Crippen LogP contribution in [0.1, 0.15) is 30.0 Å². The highest BCUT2D eigenvalue weighted by Crippen LogP contribution is 2.26. The Bertz CT molecular complexity index is 633. The van der Waals surface area contributed by atoms with E-state index in [9.17, 15) is 4.39 Å². The van der Waals surface area contributed by atoms with E-state index < -0.39 is 0 Å². The zero-order valence-electron chi connectivity index (χ0n) is 13.4. The third kappa shape index (κ3) is 3.71. The Balaban J connectivity index is 1.72. The van der Waals surface area contributed by atoms with Crippen molar-refractivity contribution in [3.8, 4) is 5.75 Å². The molecule has 0 radical (unpaired) electrons. The van der Waals surface area contributed by atoms with Gasteiger partial charge in [0.05, 0.1) is 7.11 Å². The molecule has 1 heterocycles. The molecule has 1 aliphatic heterocycles. The van der Waals surface area contributed by atoms with Gasteiger partial charge in [0, 0.05) is 24.2 Å². The average Bonchev–Trinajstić information content (AvgIpc) is 2.61. The van der Waals surface area contributed by atoms with E-state index in [2.05, 4.69) is 34.9 Å². The minimum atomic E-state index is -0.312. The summed E-state index contributed by atoms with van der Waals surface area (Å²) >= 11 is 0. The van der Waals surface area contributed by atoms with E-state index in [0.717, 1.165) is 24.9 Å². The Morgan fingerprint density at radius 3 is 2.78 bits per heavy atom. The van der Waals surface area contributed by atoms with Gasteiger partial charge in [-0.25, -0.2) is 4.39 Å². The Hall–Kier alpha value is -1.91. The summed E-state index contributed by atoms with van der Waals surface area (Å²) in [5.41, 5.74) is 2.14. The summed E-state index contributed by atoms with van der Waals surface area (Å²) in [4.78, 5) is 0. The standard InChI is InChI=1S/C19H23FN2O/c1-23-19-15(9-5-10-16(19)20)13-22-17-11-6-12-21-18(17)14-7-3-2-4-8-14/h2-5,7-10,17-18,21-22H,6,11-13H2,1H3/t17-,18-/m0/s1. The molecule has 23 heavy (non-hydrogen) atoms. The molecule has 1 saturated heterocycles. The molecule has 3 rings (SSSR count). The highest BCUT2D eigenvalue weighted by Gasteiger charge is 2.25. The third-order valence-electron chi connectivity index (χ3n) is 4.42. The van der Waals surface area contributed by atoms with Crippen LogP contribution in [0.25, 0.3) is 0 Å². The van der Waals surface area contributed by atoms with E-state index in [4.69, 9.17) is 4.74 Å². The first-order valence-electron chi connectivity index (χ1n) is 8.12. The van der Waals surface area contributed by atoms with Crippen molar-refractivity contribution in [2.45, 2.75) is 31.5 Å². The number of para-hydroxylation sites is 1. The van der Waals surface area contributed by atoms with Gasteiger partial charge in [0.1, 0.15) is 0 Å². The van der Waals surface area contributed by atoms with E-state index in [1.807, 2.05) is 12.1 Å². The van der Waals surface area contributed by atoms with Crippen LogP contribution in [0.4, 0.5) is 4.39 Å². The number of methoxy groups -OCH3 is 1. The van der Waals surface area contributed by atoms with Crippen LogP contribution in [-0.4, -0.2) is 19.7 Å². The topological polar surface area (TPSA) is 33.3 Å². The summed E-state index contributed by atoms with van der Waals surface area (Å²) in [5, 5.41) is 7.17. The number of ether oxygens (including phenoxy) is 1. The Morgan fingerprint density at radius 2 is 2.00 bits per heavy atom. The SMILES string of the molecule is COc1c(F)cccc1CN[C@H]1CCCN[C@H]1c1ccccc1. The number of nitrogens with one attached hydrogen (secondary N) is 2. The van der Waals surface area contributed by atoms with Crippen LogP contribution in [-0.2, 0) is 6.54 Å². The lowest BCUT2D eigenvalue weighted by Crippen LogP contribution is -2.45. The molecule has 2 aromatic carbocycles. The zero-order chi connectivity index (χ0) is 16.1. The average molecular weight is 314 g/mol. The molecule has 3 nitrogen and oxygen atoms in total. The number of rotatable bonds is 5. The molecule has 0 bridgehead atoms. The summed E-state index contributed by atoms with van der Waals surface area (Å²) < 4.78 is 19.0. The molecule has 2 atom stereocenters. The van der Waals surface area contributed by atoms with Crippen LogP contribution in [0, 0.1) is 5.82 Å².